The summed E-state index contributed by atoms with van der Waals surface area (Å²) in [4.78, 5) is 30.2. The first-order valence-electron chi connectivity index (χ1n) is 13.7. The van der Waals surface area contributed by atoms with E-state index >= 15 is 0 Å². The Hall–Kier alpha value is -2.68. The number of rotatable bonds is 10. The van der Waals surface area contributed by atoms with Crippen molar-refractivity contribution in [3.05, 3.63) is 51.5 Å². The monoisotopic (exact) mass is 591 g/mol. The molecule has 0 bridgehead atoms. The Morgan fingerprint density at radius 2 is 1.57 bits per heavy atom. The van der Waals surface area contributed by atoms with Crippen LogP contribution in [0.2, 0.25) is 10.0 Å². The van der Waals surface area contributed by atoms with E-state index < -0.39 is 5.41 Å². The highest BCUT2D eigenvalue weighted by Gasteiger charge is 2.43. The van der Waals surface area contributed by atoms with Crippen molar-refractivity contribution in [2.45, 2.75) is 44.4 Å². The second-order valence-electron chi connectivity index (χ2n) is 10.9. The molecular weight excluding hydrogens is 553 g/mol. The number of hydrogen-bond donors (Lipinski definition) is 1. The second-order valence-corrected chi connectivity index (χ2v) is 11.7. The summed E-state index contributed by atoms with van der Waals surface area (Å²) in [6.07, 6.45) is 3.92. The number of primary amides is 1. The summed E-state index contributed by atoms with van der Waals surface area (Å²) in [6, 6.07) is 9.16. The van der Waals surface area contributed by atoms with Gasteiger partial charge in [0.2, 0.25) is 11.7 Å². The molecular formula is C30H39Cl2N3O5. The van der Waals surface area contributed by atoms with Crippen molar-refractivity contribution < 1.29 is 23.8 Å². The molecule has 1 atom stereocenters. The van der Waals surface area contributed by atoms with Crippen LogP contribution in [0.25, 0.3) is 0 Å². The number of carbonyl (C=O) groups is 2. The van der Waals surface area contributed by atoms with Crippen molar-refractivity contribution in [1.82, 2.24) is 9.80 Å². The number of halogens is 2. The van der Waals surface area contributed by atoms with Crippen LogP contribution in [0.15, 0.2) is 30.3 Å². The number of methoxy groups -OCH3 is 3. The third-order valence-electron chi connectivity index (χ3n) is 9.00. The molecule has 2 heterocycles. The number of likely N-dealkylation sites (tertiary alicyclic amines) is 2. The molecule has 2 fully saturated rings. The van der Waals surface area contributed by atoms with Crippen LogP contribution in [0.3, 0.4) is 0 Å². The third-order valence-corrected chi connectivity index (χ3v) is 9.74. The standard InChI is InChI=1S/C30H39Cl2N3O5/c1-5-29(28(33)37)8-12-34(13-9-29)14-10-30(21-6-7-22(31)23(32)18-21)11-15-35(19-30)27(36)20-16-24(38-2)26(40-4)25(17-20)39-3/h6-7,16-18H,5,8-15,19H2,1-4H3,(H2,33,37). The van der Waals surface area contributed by atoms with Crippen LogP contribution in [-0.2, 0) is 10.2 Å². The largest absolute Gasteiger partial charge is 0.493 e. The molecule has 4 rings (SSSR count). The number of carbonyl (C=O) groups excluding carboxylic acids is 2. The van der Waals surface area contributed by atoms with Gasteiger partial charge in [-0.15, -0.1) is 0 Å². The fraction of sp³-hybridized carbons (Fsp3) is 0.533. The maximum absolute atomic E-state index is 13.8. The lowest BCUT2D eigenvalue weighted by Gasteiger charge is -2.40. The van der Waals surface area contributed by atoms with Crippen molar-refractivity contribution in [3.63, 3.8) is 0 Å². The molecule has 2 aliphatic heterocycles. The smallest absolute Gasteiger partial charge is 0.254 e. The Bertz CT molecular complexity index is 1220. The molecule has 8 nitrogen and oxygen atoms in total. The molecule has 2 aromatic rings. The molecule has 0 saturated carbocycles. The number of ether oxygens (including phenoxy) is 3. The highest BCUT2D eigenvalue weighted by atomic mass is 35.5. The molecule has 0 spiro atoms. The fourth-order valence-corrected chi connectivity index (χ4v) is 6.49. The van der Waals surface area contributed by atoms with Gasteiger partial charge >= 0.3 is 0 Å². The van der Waals surface area contributed by atoms with E-state index in [0.717, 1.165) is 57.3 Å². The van der Waals surface area contributed by atoms with Crippen molar-refractivity contribution >= 4 is 35.0 Å². The molecule has 0 aromatic heterocycles. The molecule has 218 valence electrons. The molecule has 2 aromatic carbocycles. The summed E-state index contributed by atoms with van der Waals surface area (Å²) in [7, 11) is 4.60. The summed E-state index contributed by atoms with van der Waals surface area (Å²) >= 11 is 12.7. The Kier molecular flexibility index (Phi) is 9.43. The first-order chi connectivity index (χ1) is 19.1. The zero-order valence-electron chi connectivity index (χ0n) is 23.7. The molecule has 2 saturated heterocycles. The molecule has 1 unspecified atom stereocenters. The predicted molar refractivity (Wildman–Crippen MR) is 157 cm³/mol. The van der Waals surface area contributed by atoms with Crippen LogP contribution in [-0.4, -0.2) is 75.7 Å². The Balaban J connectivity index is 1.57. The summed E-state index contributed by atoms with van der Waals surface area (Å²) in [5.41, 5.74) is 6.59. The maximum Gasteiger partial charge on any atom is 0.254 e. The van der Waals surface area contributed by atoms with Crippen molar-refractivity contribution in [2.24, 2.45) is 11.1 Å². The van der Waals surface area contributed by atoms with E-state index in [1.165, 1.54) is 21.3 Å². The Morgan fingerprint density at radius 1 is 0.925 bits per heavy atom. The van der Waals surface area contributed by atoms with E-state index in [4.69, 9.17) is 43.1 Å². The molecule has 0 radical (unpaired) electrons. The van der Waals surface area contributed by atoms with E-state index in [-0.39, 0.29) is 17.2 Å². The minimum atomic E-state index is -0.408. The summed E-state index contributed by atoms with van der Waals surface area (Å²) in [6.45, 7) is 5.65. The number of hydrogen-bond acceptors (Lipinski definition) is 6. The summed E-state index contributed by atoms with van der Waals surface area (Å²) < 4.78 is 16.4. The minimum absolute atomic E-state index is 0.103. The van der Waals surface area contributed by atoms with Crippen LogP contribution in [0, 0.1) is 5.41 Å². The molecule has 2 amide bonds. The lowest BCUT2D eigenvalue weighted by atomic mass is 9.74. The van der Waals surface area contributed by atoms with Gasteiger partial charge in [0, 0.05) is 24.1 Å². The number of benzene rings is 2. The van der Waals surface area contributed by atoms with E-state index in [0.29, 0.717) is 45.9 Å². The average Bonchev–Trinajstić information content (AvgIpc) is 3.42. The zero-order valence-corrected chi connectivity index (χ0v) is 25.2. The average molecular weight is 593 g/mol. The predicted octanol–water partition coefficient (Wildman–Crippen LogP) is 5.17. The van der Waals surface area contributed by atoms with E-state index in [9.17, 15) is 9.59 Å². The third kappa shape index (κ3) is 5.85. The van der Waals surface area contributed by atoms with Gasteiger partial charge in [0.15, 0.2) is 11.5 Å². The number of nitrogens with two attached hydrogens (primary N) is 1. The van der Waals surface area contributed by atoms with E-state index in [2.05, 4.69) is 4.90 Å². The Morgan fingerprint density at radius 3 is 2.10 bits per heavy atom. The highest BCUT2D eigenvalue weighted by Crippen LogP contribution is 2.43. The van der Waals surface area contributed by atoms with Crippen molar-refractivity contribution in [2.75, 3.05) is 54.1 Å². The second kappa shape index (κ2) is 12.5. The quantitative estimate of drug-likeness (QED) is 0.409. The Labute approximate surface area is 246 Å². The van der Waals surface area contributed by atoms with Gasteiger partial charge < -0.3 is 29.7 Å². The lowest BCUT2D eigenvalue weighted by molar-refractivity contribution is -0.130. The van der Waals surface area contributed by atoms with Gasteiger partial charge in [0.25, 0.3) is 5.91 Å². The number of piperidine rings is 1. The first-order valence-corrected chi connectivity index (χ1v) is 14.4. The number of amides is 2. The van der Waals surface area contributed by atoms with Crippen LogP contribution in [0.1, 0.15) is 54.9 Å². The molecule has 40 heavy (non-hydrogen) atoms. The van der Waals surface area contributed by atoms with Crippen LogP contribution in [0.5, 0.6) is 17.2 Å². The number of nitrogens with zero attached hydrogens (tertiary/aromatic N) is 2. The van der Waals surface area contributed by atoms with E-state index in [1.54, 1.807) is 12.1 Å². The normalized spacial score (nSPS) is 20.8. The van der Waals surface area contributed by atoms with Gasteiger partial charge in [-0.25, -0.2) is 0 Å². The van der Waals surface area contributed by atoms with Crippen molar-refractivity contribution in [3.8, 4) is 17.2 Å². The van der Waals surface area contributed by atoms with Gasteiger partial charge in [-0.2, -0.15) is 0 Å². The van der Waals surface area contributed by atoms with Gasteiger partial charge in [0.1, 0.15) is 0 Å². The van der Waals surface area contributed by atoms with Gasteiger partial charge in [0.05, 0.1) is 36.8 Å². The van der Waals surface area contributed by atoms with Crippen LogP contribution < -0.4 is 19.9 Å². The molecule has 10 heteroatoms. The molecule has 2 N–H and O–H groups in total. The minimum Gasteiger partial charge on any atom is -0.493 e. The molecule has 2 aliphatic rings. The van der Waals surface area contributed by atoms with E-state index in [1.807, 2.05) is 30.0 Å². The highest BCUT2D eigenvalue weighted by molar-refractivity contribution is 6.42. The van der Waals surface area contributed by atoms with Gasteiger partial charge in [-0.05, 0) is 81.6 Å². The molecule has 0 aliphatic carbocycles. The topological polar surface area (TPSA) is 94.3 Å². The zero-order chi connectivity index (χ0) is 29.1. The summed E-state index contributed by atoms with van der Waals surface area (Å²) in [5, 5.41) is 1.00. The summed E-state index contributed by atoms with van der Waals surface area (Å²) in [5.74, 6) is 1.01. The maximum atomic E-state index is 13.8. The van der Waals surface area contributed by atoms with Gasteiger partial charge in [-0.1, -0.05) is 36.2 Å². The first kappa shape index (κ1) is 30.3. The van der Waals surface area contributed by atoms with Crippen LogP contribution >= 0.6 is 23.2 Å². The lowest BCUT2D eigenvalue weighted by Crippen LogP contribution is -2.48. The van der Waals surface area contributed by atoms with Crippen LogP contribution in [0.4, 0.5) is 0 Å². The SMILES string of the molecule is CCC1(C(N)=O)CCN(CCC2(c3ccc(Cl)c(Cl)c3)CCN(C(=O)c3cc(OC)c(OC)c(OC)c3)C2)CC1. The van der Waals surface area contributed by atoms with Crippen molar-refractivity contribution in [1.29, 1.82) is 0 Å². The van der Waals surface area contributed by atoms with Gasteiger partial charge in [-0.3, -0.25) is 9.59 Å². The fourth-order valence-electron chi connectivity index (χ4n) is 6.19.